The van der Waals surface area contributed by atoms with E-state index in [0.717, 1.165) is 6.42 Å². The predicted molar refractivity (Wildman–Crippen MR) is 76.6 cm³/mol. The number of carbonyl (C=O) groups excluding carboxylic acids is 1. The van der Waals surface area contributed by atoms with E-state index in [-0.39, 0.29) is 31.3 Å². The molecule has 5 nitrogen and oxygen atoms in total. The first kappa shape index (κ1) is 18.2. The minimum Gasteiger partial charge on any atom is -0.481 e. The third-order valence-corrected chi connectivity index (χ3v) is 3.58. The largest absolute Gasteiger partial charge is 0.481 e. The molecule has 2 unspecified atom stereocenters. The lowest BCUT2D eigenvalue weighted by Gasteiger charge is -2.30. The Labute approximate surface area is 121 Å². The zero-order valence-corrected chi connectivity index (χ0v) is 12.5. The van der Waals surface area contributed by atoms with Crippen LogP contribution in [0.5, 0.6) is 0 Å². The molecule has 0 saturated heterocycles. The molecule has 2 N–H and O–H groups in total. The van der Waals surface area contributed by atoms with Crippen molar-refractivity contribution in [1.82, 2.24) is 10.2 Å². The Bertz CT molecular complexity index is 300. The lowest BCUT2D eigenvalue weighted by Crippen LogP contribution is -2.45. The second kappa shape index (κ2) is 9.15. The maximum absolute atomic E-state index is 11.8. The van der Waals surface area contributed by atoms with Crippen LogP contribution in [0.4, 0.5) is 0 Å². The van der Waals surface area contributed by atoms with Crippen molar-refractivity contribution >= 4 is 24.3 Å². The van der Waals surface area contributed by atoms with E-state index in [1.165, 1.54) is 19.3 Å². The van der Waals surface area contributed by atoms with E-state index in [0.29, 0.717) is 18.5 Å². The highest BCUT2D eigenvalue weighted by molar-refractivity contribution is 5.85. The van der Waals surface area contributed by atoms with Gasteiger partial charge in [0.1, 0.15) is 0 Å². The molecular formula is C13H25ClN2O3. The van der Waals surface area contributed by atoms with Gasteiger partial charge in [0, 0.05) is 12.6 Å². The second-order valence-corrected chi connectivity index (χ2v) is 5.32. The van der Waals surface area contributed by atoms with Crippen LogP contribution in [0.1, 0.15) is 39.0 Å². The molecule has 1 amide bonds. The van der Waals surface area contributed by atoms with Crippen molar-refractivity contribution in [3.63, 3.8) is 0 Å². The van der Waals surface area contributed by atoms with Crippen molar-refractivity contribution in [2.24, 2.45) is 5.92 Å². The van der Waals surface area contributed by atoms with Crippen LogP contribution < -0.4 is 5.32 Å². The van der Waals surface area contributed by atoms with Gasteiger partial charge in [0.2, 0.25) is 5.91 Å². The minimum atomic E-state index is -0.830. The highest BCUT2D eigenvalue weighted by Crippen LogP contribution is 2.23. The molecule has 0 aliphatic heterocycles. The third kappa shape index (κ3) is 7.38. The third-order valence-electron chi connectivity index (χ3n) is 3.58. The van der Waals surface area contributed by atoms with Crippen LogP contribution in [0.2, 0.25) is 0 Å². The van der Waals surface area contributed by atoms with Crippen molar-refractivity contribution in [2.75, 3.05) is 20.1 Å². The predicted octanol–water partition coefficient (Wildman–Crippen LogP) is 1.51. The molecule has 1 saturated carbocycles. The summed E-state index contributed by atoms with van der Waals surface area (Å²) < 4.78 is 0. The smallest absolute Gasteiger partial charge is 0.304 e. The van der Waals surface area contributed by atoms with Crippen LogP contribution in [0.3, 0.4) is 0 Å². The number of likely N-dealkylation sites (N-methyl/N-ethyl adjacent to an activating group) is 1. The molecule has 0 spiro atoms. The Balaban J connectivity index is 0.00000324. The fourth-order valence-electron chi connectivity index (χ4n) is 2.39. The molecule has 2 atom stereocenters. The lowest BCUT2D eigenvalue weighted by atomic mass is 9.86. The summed E-state index contributed by atoms with van der Waals surface area (Å²) in [6, 6.07) is 0.291. The Hall–Kier alpha value is -0.810. The molecular weight excluding hydrogens is 268 g/mol. The minimum absolute atomic E-state index is 0. The molecule has 1 fully saturated rings. The summed E-state index contributed by atoms with van der Waals surface area (Å²) in [6.45, 7) is 2.86. The molecule has 19 heavy (non-hydrogen) atoms. The van der Waals surface area contributed by atoms with Gasteiger partial charge in [-0.3, -0.25) is 14.5 Å². The van der Waals surface area contributed by atoms with Gasteiger partial charge in [-0.1, -0.05) is 19.8 Å². The van der Waals surface area contributed by atoms with Gasteiger partial charge in [-0.25, -0.2) is 0 Å². The van der Waals surface area contributed by atoms with Crippen LogP contribution in [0.15, 0.2) is 0 Å². The number of hydrogen-bond acceptors (Lipinski definition) is 3. The van der Waals surface area contributed by atoms with Gasteiger partial charge in [0.25, 0.3) is 0 Å². The summed E-state index contributed by atoms with van der Waals surface area (Å²) in [5.41, 5.74) is 0. The number of nitrogens with one attached hydrogen (secondary N) is 1. The zero-order chi connectivity index (χ0) is 13.5. The summed E-state index contributed by atoms with van der Waals surface area (Å²) in [7, 11) is 1.77. The number of carbonyl (C=O) groups is 2. The fraction of sp³-hybridized carbons (Fsp3) is 0.846. The van der Waals surface area contributed by atoms with Gasteiger partial charge in [0.15, 0.2) is 0 Å². The Morgan fingerprint density at radius 2 is 1.95 bits per heavy atom. The average Bonchev–Trinajstić information content (AvgIpc) is 2.29. The summed E-state index contributed by atoms with van der Waals surface area (Å²) >= 11 is 0. The number of carboxylic acids is 1. The molecule has 0 radical (unpaired) electrons. The van der Waals surface area contributed by atoms with Crippen LogP contribution in [-0.2, 0) is 9.59 Å². The molecule has 0 aromatic carbocycles. The first-order valence-electron chi connectivity index (χ1n) is 6.68. The molecule has 6 heteroatoms. The highest BCUT2D eigenvalue weighted by Gasteiger charge is 2.22. The highest BCUT2D eigenvalue weighted by atomic mass is 35.5. The molecule has 0 bridgehead atoms. The summed E-state index contributed by atoms with van der Waals surface area (Å²) in [5.74, 6) is -0.281. The summed E-state index contributed by atoms with van der Waals surface area (Å²) in [6.07, 6.45) is 4.76. The number of hydrogen-bond donors (Lipinski definition) is 2. The van der Waals surface area contributed by atoms with E-state index < -0.39 is 5.97 Å². The molecule has 0 aromatic rings. The van der Waals surface area contributed by atoms with Crippen molar-refractivity contribution in [3.05, 3.63) is 0 Å². The second-order valence-electron chi connectivity index (χ2n) is 5.32. The Morgan fingerprint density at radius 1 is 1.32 bits per heavy atom. The maximum Gasteiger partial charge on any atom is 0.304 e. The summed E-state index contributed by atoms with van der Waals surface area (Å²) in [4.78, 5) is 24.0. The van der Waals surface area contributed by atoms with E-state index in [1.54, 1.807) is 11.9 Å². The van der Waals surface area contributed by atoms with Crippen LogP contribution >= 0.6 is 12.4 Å². The van der Waals surface area contributed by atoms with Crippen LogP contribution in [-0.4, -0.2) is 48.1 Å². The number of rotatable bonds is 6. The first-order chi connectivity index (χ1) is 8.49. The molecule has 0 heterocycles. The fourth-order valence-corrected chi connectivity index (χ4v) is 2.39. The van der Waals surface area contributed by atoms with Crippen molar-refractivity contribution in [3.8, 4) is 0 Å². The van der Waals surface area contributed by atoms with E-state index in [4.69, 9.17) is 5.11 Å². The summed E-state index contributed by atoms with van der Waals surface area (Å²) in [5, 5.41) is 11.6. The van der Waals surface area contributed by atoms with Gasteiger partial charge < -0.3 is 10.4 Å². The molecule has 1 aliphatic carbocycles. The zero-order valence-electron chi connectivity index (χ0n) is 11.7. The van der Waals surface area contributed by atoms with Gasteiger partial charge in [0.05, 0.1) is 13.0 Å². The molecule has 1 aliphatic rings. The molecule has 0 aromatic heterocycles. The maximum atomic E-state index is 11.8. The van der Waals surface area contributed by atoms with Crippen molar-refractivity contribution in [1.29, 1.82) is 0 Å². The Morgan fingerprint density at radius 3 is 2.53 bits per heavy atom. The SMILES string of the molecule is CC1CCCCC1NC(=O)CN(C)CCC(=O)O.Cl. The quantitative estimate of drug-likeness (QED) is 0.778. The van der Waals surface area contributed by atoms with Gasteiger partial charge >= 0.3 is 5.97 Å². The van der Waals surface area contributed by atoms with E-state index in [1.807, 2.05) is 0 Å². The monoisotopic (exact) mass is 292 g/mol. The Kier molecular flexibility index (Phi) is 8.76. The van der Waals surface area contributed by atoms with Gasteiger partial charge in [-0.05, 0) is 25.8 Å². The number of halogens is 1. The number of amides is 1. The van der Waals surface area contributed by atoms with Gasteiger partial charge in [-0.2, -0.15) is 0 Å². The standard InChI is InChI=1S/C13H24N2O3.ClH/c1-10-5-3-4-6-11(10)14-12(16)9-15(2)8-7-13(17)18;/h10-11H,3-9H2,1-2H3,(H,14,16)(H,17,18);1H. The van der Waals surface area contributed by atoms with Crippen molar-refractivity contribution < 1.29 is 14.7 Å². The molecule has 1 rings (SSSR count). The van der Waals surface area contributed by atoms with Gasteiger partial charge in [-0.15, -0.1) is 12.4 Å². The number of nitrogens with zero attached hydrogens (tertiary/aromatic N) is 1. The van der Waals surface area contributed by atoms with E-state index >= 15 is 0 Å². The topological polar surface area (TPSA) is 69.6 Å². The normalized spacial score (nSPS) is 22.7. The lowest BCUT2D eigenvalue weighted by molar-refractivity contribution is -0.137. The van der Waals surface area contributed by atoms with E-state index in [9.17, 15) is 9.59 Å². The average molecular weight is 293 g/mol. The van der Waals surface area contributed by atoms with Crippen LogP contribution in [0, 0.1) is 5.92 Å². The number of carboxylic acid groups (broad SMARTS) is 1. The van der Waals surface area contributed by atoms with Crippen molar-refractivity contribution in [2.45, 2.75) is 45.1 Å². The first-order valence-corrected chi connectivity index (χ1v) is 6.68. The number of aliphatic carboxylic acids is 1. The van der Waals surface area contributed by atoms with Crippen LogP contribution in [0.25, 0.3) is 0 Å². The molecule has 112 valence electrons. The van der Waals surface area contributed by atoms with E-state index in [2.05, 4.69) is 12.2 Å².